The number of halogens is 1. The Morgan fingerprint density at radius 3 is 2.17 bits per heavy atom. The van der Waals surface area contributed by atoms with Crippen molar-refractivity contribution in [3.05, 3.63) is 94.3 Å². The van der Waals surface area contributed by atoms with Gasteiger partial charge >= 0.3 is 0 Å². The monoisotopic (exact) mass is 658 g/mol. The first-order valence-electron chi connectivity index (χ1n) is 14.3. The summed E-state index contributed by atoms with van der Waals surface area (Å²) < 4.78 is 29.0. The number of anilines is 1. The third-order valence-corrected chi connectivity index (χ3v) is 7.44. The van der Waals surface area contributed by atoms with E-state index in [1.54, 1.807) is 65.5 Å². The smallest absolute Gasteiger partial charge is 0.299 e. The van der Waals surface area contributed by atoms with Gasteiger partial charge in [-0.25, -0.2) is 0 Å². The molecule has 0 unspecified atom stereocenters. The largest absolute Gasteiger partial charge is 0.493 e. The van der Waals surface area contributed by atoms with Crippen LogP contribution in [0.15, 0.2) is 66.9 Å². The van der Waals surface area contributed by atoms with Crippen molar-refractivity contribution in [1.82, 2.24) is 15.0 Å². The van der Waals surface area contributed by atoms with Gasteiger partial charge in [-0.2, -0.15) is 0 Å². The predicted molar refractivity (Wildman–Crippen MR) is 175 cm³/mol. The van der Waals surface area contributed by atoms with Crippen molar-refractivity contribution in [2.24, 2.45) is 0 Å². The molecule has 2 heterocycles. The van der Waals surface area contributed by atoms with Gasteiger partial charge in [0.2, 0.25) is 5.75 Å². The van der Waals surface area contributed by atoms with Crippen molar-refractivity contribution in [1.29, 1.82) is 0 Å². The number of hydrogen-bond donors (Lipinski definition) is 0. The van der Waals surface area contributed by atoms with Crippen LogP contribution in [0.3, 0.4) is 0 Å². The van der Waals surface area contributed by atoms with Crippen molar-refractivity contribution in [2.45, 2.75) is 13.2 Å². The highest BCUT2D eigenvalue weighted by Crippen LogP contribution is 2.38. The number of carbonyl (C=O) groups excluding carboxylic acids is 3. The number of rotatable bonds is 14. The lowest BCUT2D eigenvalue weighted by molar-refractivity contribution is -0.114. The summed E-state index contributed by atoms with van der Waals surface area (Å²) >= 11 is 5.99. The Labute approximate surface area is 275 Å². The van der Waals surface area contributed by atoms with Gasteiger partial charge in [-0.3, -0.25) is 19.1 Å². The lowest BCUT2D eigenvalue weighted by Crippen LogP contribution is -2.32. The van der Waals surface area contributed by atoms with Crippen LogP contribution in [-0.2, 0) is 22.7 Å². The molecule has 0 N–H and O–H groups in total. The molecule has 0 spiro atoms. The van der Waals surface area contributed by atoms with Crippen LogP contribution in [0.1, 0.15) is 27.2 Å². The Hall–Kier alpha value is -5.62. The van der Waals surface area contributed by atoms with Gasteiger partial charge in [0.05, 0.1) is 52.4 Å². The minimum atomic E-state index is -0.604. The molecule has 0 saturated carbocycles. The average Bonchev–Trinajstić information content (AvgIpc) is 3.64. The topological polar surface area (TPSA) is 131 Å². The van der Waals surface area contributed by atoms with E-state index < -0.39 is 11.7 Å². The van der Waals surface area contributed by atoms with Crippen molar-refractivity contribution in [2.75, 3.05) is 39.9 Å². The Balaban J connectivity index is 1.16. The number of allylic oxidation sites excluding steroid dienone is 2. The normalized spacial score (nSPS) is 12.6. The van der Waals surface area contributed by atoms with Crippen LogP contribution in [0.2, 0.25) is 5.02 Å². The number of amides is 1. The minimum absolute atomic E-state index is 0.109. The molecule has 3 aromatic carbocycles. The summed E-state index contributed by atoms with van der Waals surface area (Å²) in [6.07, 6.45) is 7.92. The van der Waals surface area contributed by atoms with E-state index in [1.807, 2.05) is 0 Å². The lowest BCUT2D eigenvalue weighted by Gasteiger charge is -2.16. The number of Topliss-reactive ketones (excluding diaryl/α,β-unsaturated/α-hetero) is 1. The van der Waals surface area contributed by atoms with Crippen molar-refractivity contribution < 1.29 is 38.1 Å². The molecule has 0 radical (unpaired) electrons. The molecule has 12 nitrogen and oxygen atoms in total. The molecule has 0 fully saturated rings. The third-order valence-electron chi connectivity index (χ3n) is 7.20. The molecule has 1 aromatic heterocycles. The molecule has 0 saturated heterocycles. The Kier molecular flexibility index (Phi) is 10.2. The van der Waals surface area contributed by atoms with Gasteiger partial charge in [0.1, 0.15) is 12.3 Å². The molecular formula is C34H31ClN4O8. The lowest BCUT2D eigenvalue weighted by atomic mass is 10.1. The van der Waals surface area contributed by atoms with E-state index >= 15 is 0 Å². The number of hydrogen-bond acceptors (Lipinski definition) is 10. The molecule has 1 amide bonds. The number of methoxy groups -OCH3 is 4. The van der Waals surface area contributed by atoms with Crippen LogP contribution < -0.4 is 28.6 Å². The molecule has 242 valence electrons. The SMILES string of the molecule is COc1cc(/C=C/C(=O)/C=C/c2cc(OC)c(OC)c(OC)c2)ccc1OCc1cn(CCN2C(=O)C(=O)c3cc(Cl)ccc32)nn1. The minimum Gasteiger partial charge on any atom is -0.493 e. The highest BCUT2D eigenvalue weighted by Gasteiger charge is 2.35. The highest BCUT2D eigenvalue weighted by molar-refractivity contribution is 6.52. The first-order chi connectivity index (χ1) is 22.7. The van der Waals surface area contributed by atoms with Gasteiger partial charge in [-0.05, 0) is 65.7 Å². The number of ether oxygens (including phenoxy) is 5. The van der Waals surface area contributed by atoms with Crippen molar-refractivity contribution in [3.8, 4) is 28.7 Å². The second-order valence-corrected chi connectivity index (χ2v) is 10.6. The molecule has 5 rings (SSSR count). The zero-order valence-corrected chi connectivity index (χ0v) is 26.8. The first kappa shape index (κ1) is 32.8. The fraction of sp³-hybridized carbons (Fsp3) is 0.206. The molecule has 0 atom stereocenters. The maximum Gasteiger partial charge on any atom is 0.299 e. The summed E-state index contributed by atoms with van der Waals surface area (Å²) in [7, 11) is 6.10. The molecule has 4 aromatic rings. The number of benzene rings is 3. The average molecular weight is 659 g/mol. The number of carbonyl (C=O) groups is 3. The van der Waals surface area contributed by atoms with Gasteiger partial charge < -0.3 is 28.6 Å². The van der Waals surface area contributed by atoms with E-state index in [9.17, 15) is 14.4 Å². The molecule has 0 aliphatic carbocycles. The number of nitrogens with zero attached hydrogens (tertiary/aromatic N) is 4. The maximum atomic E-state index is 12.6. The van der Waals surface area contributed by atoms with Gasteiger partial charge in [-0.15, -0.1) is 5.10 Å². The fourth-order valence-corrected chi connectivity index (χ4v) is 5.05. The molecule has 1 aliphatic rings. The summed E-state index contributed by atoms with van der Waals surface area (Å²) in [5.41, 5.74) is 2.81. The number of ketones is 2. The summed E-state index contributed by atoms with van der Waals surface area (Å²) in [6, 6.07) is 13.6. The van der Waals surface area contributed by atoms with Crippen LogP contribution in [-0.4, -0.2) is 67.5 Å². The van der Waals surface area contributed by atoms with Gasteiger partial charge in [0, 0.05) is 11.6 Å². The molecule has 0 bridgehead atoms. The molecule has 13 heteroatoms. The third kappa shape index (κ3) is 7.45. The zero-order valence-electron chi connectivity index (χ0n) is 26.1. The summed E-state index contributed by atoms with van der Waals surface area (Å²) in [4.78, 5) is 38.8. The standard InChI is InChI=1S/C34H31ClN4O8/c1-43-29-15-21(5-9-25(40)10-6-22-16-30(44-2)33(46-4)31(17-22)45-3)7-12-28(29)47-20-24-19-38(37-36-24)13-14-39-27-11-8-23(35)18-26(27)32(41)34(39)42/h5-12,15-19H,13-14,20H2,1-4H3/b9-5+,10-6+. The first-order valence-corrected chi connectivity index (χ1v) is 14.7. The van der Waals surface area contributed by atoms with Crippen LogP contribution >= 0.6 is 11.6 Å². The van der Waals surface area contributed by atoms with E-state index in [2.05, 4.69) is 10.3 Å². The van der Waals surface area contributed by atoms with Crippen molar-refractivity contribution in [3.63, 3.8) is 0 Å². The predicted octanol–water partition coefficient (Wildman–Crippen LogP) is 5.07. The number of aromatic nitrogens is 3. The molecular weight excluding hydrogens is 628 g/mol. The molecule has 47 heavy (non-hydrogen) atoms. The summed E-state index contributed by atoms with van der Waals surface area (Å²) in [6.45, 7) is 0.655. The Morgan fingerprint density at radius 1 is 0.809 bits per heavy atom. The van der Waals surface area contributed by atoms with Gasteiger partial charge in [0.15, 0.2) is 28.8 Å². The van der Waals surface area contributed by atoms with E-state index in [0.717, 1.165) is 5.56 Å². The second kappa shape index (κ2) is 14.6. The maximum absolute atomic E-state index is 12.6. The van der Waals surface area contributed by atoms with E-state index in [-0.39, 0.29) is 18.9 Å². The summed E-state index contributed by atoms with van der Waals surface area (Å²) in [5, 5.41) is 8.64. The van der Waals surface area contributed by atoms with E-state index in [4.69, 9.17) is 35.3 Å². The van der Waals surface area contributed by atoms with Crippen LogP contribution in [0.5, 0.6) is 28.7 Å². The highest BCUT2D eigenvalue weighted by atomic mass is 35.5. The van der Waals surface area contributed by atoms with E-state index in [1.165, 1.54) is 51.6 Å². The van der Waals surface area contributed by atoms with Gasteiger partial charge in [-0.1, -0.05) is 35.0 Å². The Bertz CT molecular complexity index is 1860. The second-order valence-electron chi connectivity index (χ2n) is 10.1. The van der Waals surface area contributed by atoms with Crippen LogP contribution in [0, 0.1) is 0 Å². The van der Waals surface area contributed by atoms with Crippen LogP contribution in [0.25, 0.3) is 12.2 Å². The van der Waals surface area contributed by atoms with Crippen LogP contribution in [0.4, 0.5) is 5.69 Å². The fourth-order valence-electron chi connectivity index (χ4n) is 4.88. The molecule has 1 aliphatic heterocycles. The van der Waals surface area contributed by atoms with Gasteiger partial charge in [0.25, 0.3) is 11.7 Å². The van der Waals surface area contributed by atoms with E-state index in [0.29, 0.717) is 62.8 Å². The number of fused-ring (bicyclic) bond motifs is 1. The summed E-state index contributed by atoms with van der Waals surface area (Å²) in [5.74, 6) is 0.974. The van der Waals surface area contributed by atoms with Crippen molar-refractivity contribution >= 4 is 46.9 Å². The Morgan fingerprint density at radius 2 is 1.49 bits per heavy atom. The zero-order chi connectivity index (χ0) is 33.5. The quantitative estimate of drug-likeness (QED) is 0.134.